The second-order valence-corrected chi connectivity index (χ2v) is 8.30. The number of furan rings is 1. The molecule has 2 amide bonds. The molecular formula is C21H25N3O3. The van der Waals surface area contributed by atoms with Crippen LogP contribution in [0.25, 0.3) is 11.5 Å². The van der Waals surface area contributed by atoms with E-state index in [9.17, 15) is 9.59 Å². The Balaban J connectivity index is 1.53. The molecule has 6 nitrogen and oxygen atoms in total. The van der Waals surface area contributed by atoms with Crippen molar-refractivity contribution >= 4 is 11.8 Å². The van der Waals surface area contributed by atoms with Gasteiger partial charge in [0.1, 0.15) is 17.0 Å². The summed E-state index contributed by atoms with van der Waals surface area (Å²) in [5.74, 6) is 0.637. The summed E-state index contributed by atoms with van der Waals surface area (Å²) in [6.07, 6.45) is 7.97. The number of carbonyl (C=O) groups excluding carboxylic acids is 2. The van der Waals surface area contributed by atoms with Gasteiger partial charge in [-0.3, -0.25) is 9.59 Å². The van der Waals surface area contributed by atoms with Crippen molar-refractivity contribution in [3.8, 4) is 11.5 Å². The van der Waals surface area contributed by atoms with Crippen molar-refractivity contribution in [2.24, 2.45) is 0 Å². The Morgan fingerprint density at radius 2 is 1.89 bits per heavy atom. The largest absolute Gasteiger partial charge is 0.463 e. The summed E-state index contributed by atoms with van der Waals surface area (Å²) < 4.78 is 7.51. The van der Waals surface area contributed by atoms with Crippen LogP contribution in [0.4, 0.5) is 0 Å². The highest BCUT2D eigenvalue weighted by atomic mass is 16.3. The minimum atomic E-state index is -0.881. The maximum Gasteiger partial charge on any atom is 0.271 e. The molecule has 0 radical (unpaired) electrons. The lowest BCUT2D eigenvalue weighted by Crippen LogP contribution is -2.65. The maximum absolute atomic E-state index is 13.4. The quantitative estimate of drug-likeness (QED) is 0.902. The highest BCUT2D eigenvalue weighted by molar-refractivity contribution is 6.01. The number of nitrogens with one attached hydrogen (secondary N) is 1. The Morgan fingerprint density at radius 3 is 2.56 bits per heavy atom. The molecule has 0 unspecified atom stereocenters. The highest BCUT2D eigenvalue weighted by Gasteiger charge is 2.53. The van der Waals surface area contributed by atoms with Gasteiger partial charge in [-0.15, -0.1) is 0 Å². The molecule has 0 spiro atoms. The number of aromatic nitrogens is 1. The van der Waals surface area contributed by atoms with Crippen LogP contribution in [-0.4, -0.2) is 38.9 Å². The SMILES string of the molecule is C[C@@]1(C(=O)NC2CCCC2)Cn2c(ccc2-c2ccco2)C(=O)N1C1CC1. The number of carbonyl (C=O) groups is 2. The topological polar surface area (TPSA) is 67.5 Å². The molecule has 0 aromatic carbocycles. The van der Waals surface area contributed by atoms with E-state index in [4.69, 9.17) is 4.42 Å². The predicted octanol–water partition coefficient (Wildman–Crippen LogP) is 3.18. The summed E-state index contributed by atoms with van der Waals surface area (Å²) in [7, 11) is 0. The first-order chi connectivity index (χ1) is 13.1. The number of nitrogens with zero attached hydrogens (tertiary/aromatic N) is 2. The van der Waals surface area contributed by atoms with Gasteiger partial charge in [0.2, 0.25) is 5.91 Å². The van der Waals surface area contributed by atoms with E-state index >= 15 is 0 Å². The van der Waals surface area contributed by atoms with Crippen LogP contribution < -0.4 is 5.32 Å². The van der Waals surface area contributed by atoms with Gasteiger partial charge in [0.15, 0.2) is 0 Å². The first-order valence-electron chi connectivity index (χ1n) is 9.96. The van der Waals surface area contributed by atoms with Crippen molar-refractivity contribution < 1.29 is 14.0 Å². The summed E-state index contributed by atoms with van der Waals surface area (Å²) >= 11 is 0. The first kappa shape index (κ1) is 16.7. The van der Waals surface area contributed by atoms with Gasteiger partial charge in [-0.05, 0) is 56.9 Å². The molecule has 3 heterocycles. The monoisotopic (exact) mass is 367 g/mol. The summed E-state index contributed by atoms with van der Waals surface area (Å²) in [5, 5.41) is 3.23. The smallest absolute Gasteiger partial charge is 0.271 e. The van der Waals surface area contributed by atoms with Gasteiger partial charge in [-0.25, -0.2) is 0 Å². The van der Waals surface area contributed by atoms with E-state index in [1.165, 1.54) is 0 Å². The molecule has 3 aliphatic rings. The average Bonchev–Trinajstić information content (AvgIpc) is 3.08. The zero-order valence-electron chi connectivity index (χ0n) is 15.6. The van der Waals surface area contributed by atoms with E-state index < -0.39 is 5.54 Å². The third kappa shape index (κ3) is 2.61. The molecule has 1 N–H and O–H groups in total. The summed E-state index contributed by atoms with van der Waals surface area (Å²) in [6, 6.07) is 7.90. The van der Waals surface area contributed by atoms with Gasteiger partial charge in [0, 0.05) is 12.1 Å². The normalized spacial score (nSPS) is 25.7. The molecule has 142 valence electrons. The third-order valence-corrected chi connectivity index (χ3v) is 6.28. The zero-order valence-corrected chi connectivity index (χ0v) is 15.6. The number of amides is 2. The Kier molecular flexibility index (Phi) is 3.71. The van der Waals surface area contributed by atoms with E-state index in [0.717, 1.165) is 44.2 Å². The van der Waals surface area contributed by atoms with E-state index in [2.05, 4.69) is 5.32 Å². The van der Waals surface area contributed by atoms with Crippen LogP contribution in [0.5, 0.6) is 0 Å². The molecule has 2 fully saturated rings. The zero-order chi connectivity index (χ0) is 18.6. The molecule has 0 saturated heterocycles. The molecule has 2 aromatic rings. The maximum atomic E-state index is 13.4. The summed E-state index contributed by atoms with van der Waals surface area (Å²) in [5.41, 5.74) is 0.604. The van der Waals surface area contributed by atoms with Crippen molar-refractivity contribution in [3.63, 3.8) is 0 Å². The number of hydrogen-bond donors (Lipinski definition) is 1. The molecule has 27 heavy (non-hydrogen) atoms. The molecule has 1 aliphatic heterocycles. The fourth-order valence-corrected chi connectivity index (χ4v) is 4.69. The lowest BCUT2D eigenvalue weighted by atomic mass is 9.93. The minimum absolute atomic E-state index is 0.0283. The van der Waals surface area contributed by atoms with Gasteiger partial charge in [0.25, 0.3) is 5.91 Å². The van der Waals surface area contributed by atoms with Crippen LogP contribution in [-0.2, 0) is 11.3 Å². The highest BCUT2D eigenvalue weighted by Crippen LogP contribution is 2.40. The molecule has 0 bridgehead atoms. The molecule has 5 rings (SSSR count). The Labute approximate surface area is 158 Å². The molecule has 2 saturated carbocycles. The van der Waals surface area contributed by atoms with E-state index in [1.54, 1.807) is 6.26 Å². The van der Waals surface area contributed by atoms with Gasteiger partial charge in [0.05, 0.1) is 18.5 Å². The van der Waals surface area contributed by atoms with E-state index in [1.807, 2.05) is 40.7 Å². The van der Waals surface area contributed by atoms with Crippen molar-refractivity contribution in [1.82, 2.24) is 14.8 Å². The second-order valence-electron chi connectivity index (χ2n) is 8.30. The second kappa shape index (κ2) is 6.01. The van der Waals surface area contributed by atoms with Crippen LogP contribution >= 0.6 is 0 Å². The molecule has 2 aromatic heterocycles. The van der Waals surface area contributed by atoms with E-state index in [-0.39, 0.29) is 23.9 Å². The van der Waals surface area contributed by atoms with Crippen LogP contribution in [0.2, 0.25) is 0 Å². The standard InChI is InChI=1S/C21H25N3O3/c1-21(20(26)22-14-5-2-3-6-14)13-23-16(18-7-4-12-27-18)10-11-17(23)19(25)24(21)15-8-9-15/h4,7,10-12,14-15H,2-3,5-6,8-9,13H2,1H3,(H,22,26)/t21-/m0/s1. The molecule has 6 heteroatoms. The van der Waals surface area contributed by atoms with Crippen LogP contribution in [0, 0.1) is 0 Å². The lowest BCUT2D eigenvalue weighted by Gasteiger charge is -2.45. The van der Waals surface area contributed by atoms with Gasteiger partial charge in [-0.2, -0.15) is 0 Å². The third-order valence-electron chi connectivity index (χ3n) is 6.28. The van der Waals surface area contributed by atoms with Crippen LogP contribution in [0.1, 0.15) is 55.9 Å². The van der Waals surface area contributed by atoms with Crippen LogP contribution in [0.15, 0.2) is 34.9 Å². The molecule has 2 aliphatic carbocycles. The van der Waals surface area contributed by atoms with Crippen molar-refractivity contribution in [3.05, 3.63) is 36.2 Å². The Hall–Kier alpha value is -2.50. The van der Waals surface area contributed by atoms with Gasteiger partial charge < -0.3 is 19.2 Å². The first-order valence-corrected chi connectivity index (χ1v) is 9.96. The fraction of sp³-hybridized carbons (Fsp3) is 0.524. The number of hydrogen-bond acceptors (Lipinski definition) is 3. The fourth-order valence-electron chi connectivity index (χ4n) is 4.69. The van der Waals surface area contributed by atoms with Crippen molar-refractivity contribution in [2.45, 2.75) is 69.6 Å². The Morgan fingerprint density at radius 1 is 1.15 bits per heavy atom. The summed E-state index contributed by atoms with van der Waals surface area (Å²) in [6.45, 7) is 2.37. The summed E-state index contributed by atoms with van der Waals surface area (Å²) in [4.78, 5) is 28.5. The lowest BCUT2D eigenvalue weighted by molar-refractivity contribution is -0.133. The number of fused-ring (bicyclic) bond motifs is 1. The van der Waals surface area contributed by atoms with Gasteiger partial charge in [-0.1, -0.05) is 12.8 Å². The van der Waals surface area contributed by atoms with Gasteiger partial charge >= 0.3 is 0 Å². The van der Waals surface area contributed by atoms with Crippen molar-refractivity contribution in [1.29, 1.82) is 0 Å². The average molecular weight is 367 g/mol. The predicted molar refractivity (Wildman–Crippen MR) is 100 cm³/mol. The molecular weight excluding hydrogens is 342 g/mol. The van der Waals surface area contributed by atoms with E-state index in [0.29, 0.717) is 18.0 Å². The van der Waals surface area contributed by atoms with Crippen molar-refractivity contribution in [2.75, 3.05) is 0 Å². The minimum Gasteiger partial charge on any atom is -0.463 e. The van der Waals surface area contributed by atoms with Crippen LogP contribution in [0.3, 0.4) is 0 Å². The number of rotatable bonds is 4. The Bertz CT molecular complexity index is 875. The molecule has 1 atom stereocenters.